The Bertz CT molecular complexity index is 417. The normalized spacial score (nSPS) is 12.3. The van der Waals surface area contributed by atoms with Crippen LogP contribution in [0.4, 0.5) is 20.4 Å². The second kappa shape index (κ2) is 7.20. The fourth-order valence-electron chi connectivity index (χ4n) is 1.70. The fourth-order valence-corrected chi connectivity index (χ4v) is 1.70. The molecule has 0 bridgehead atoms. The van der Waals surface area contributed by atoms with Crippen LogP contribution in [-0.4, -0.2) is 31.3 Å². The van der Waals surface area contributed by atoms with Crippen molar-refractivity contribution in [2.45, 2.75) is 26.3 Å². The van der Waals surface area contributed by atoms with Crippen molar-refractivity contribution in [3.63, 3.8) is 0 Å². The lowest BCUT2D eigenvalue weighted by molar-refractivity contribution is 0.203. The highest BCUT2D eigenvalue weighted by Gasteiger charge is 2.20. The zero-order chi connectivity index (χ0) is 14.4. The molecule has 0 fully saturated rings. The summed E-state index contributed by atoms with van der Waals surface area (Å²) in [5, 5.41) is 0. The van der Waals surface area contributed by atoms with Crippen molar-refractivity contribution in [2.75, 3.05) is 30.6 Å². The van der Waals surface area contributed by atoms with Gasteiger partial charge >= 0.3 is 0 Å². The molecule has 0 aliphatic rings. The Kier molecular flexibility index (Phi) is 5.91. The van der Waals surface area contributed by atoms with E-state index in [2.05, 4.69) is 10.4 Å². The van der Waals surface area contributed by atoms with Crippen molar-refractivity contribution in [1.82, 2.24) is 4.98 Å². The van der Waals surface area contributed by atoms with Gasteiger partial charge in [0, 0.05) is 25.8 Å². The third kappa shape index (κ3) is 3.74. The van der Waals surface area contributed by atoms with E-state index in [1.165, 1.54) is 0 Å². The molecule has 1 heterocycles. The Morgan fingerprint density at radius 2 is 2.16 bits per heavy atom. The number of hydrazine groups is 1. The minimum Gasteiger partial charge on any atom is -0.383 e. The maximum Gasteiger partial charge on any atom is 0.178 e. The van der Waals surface area contributed by atoms with Gasteiger partial charge in [-0.3, -0.25) is 0 Å². The van der Waals surface area contributed by atoms with Crippen LogP contribution < -0.4 is 16.2 Å². The minimum atomic E-state index is -0.820. The van der Waals surface area contributed by atoms with Gasteiger partial charge in [-0.2, -0.15) is 0 Å². The predicted molar refractivity (Wildman–Crippen MR) is 70.9 cm³/mol. The monoisotopic (exact) mass is 274 g/mol. The molecule has 0 saturated carbocycles. The number of nitrogens with one attached hydrogen (secondary N) is 1. The summed E-state index contributed by atoms with van der Waals surface area (Å²) in [5.74, 6) is 3.52. The van der Waals surface area contributed by atoms with E-state index in [1.54, 1.807) is 12.0 Å². The number of anilines is 2. The Labute approximate surface area is 111 Å². The molecule has 0 aliphatic carbocycles. The third-order valence-electron chi connectivity index (χ3n) is 2.98. The summed E-state index contributed by atoms with van der Waals surface area (Å²) in [6.45, 7) is 4.81. The average Bonchev–Trinajstić information content (AvgIpc) is 2.40. The van der Waals surface area contributed by atoms with Crippen molar-refractivity contribution < 1.29 is 13.5 Å². The van der Waals surface area contributed by atoms with Crippen LogP contribution in [-0.2, 0) is 4.74 Å². The van der Waals surface area contributed by atoms with Gasteiger partial charge in [0.25, 0.3) is 0 Å². The topological polar surface area (TPSA) is 63.4 Å². The van der Waals surface area contributed by atoms with Gasteiger partial charge in [-0.15, -0.1) is 0 Å². The Hall–Kier alpha value is -1.47. The van der Waals surface area contributed by atoms with Crippen molar-refractivity contribution in [1.29, 1.82) is 0 Å². The van der Waals surface area contributed by atoms with Gasteiger partial charge in [0.05, 0.1) is 6.61 Å². The summed E-state index contributed by atoms with van der Waals surface area (Å²) in [5.41, 5.74) is 2.12. The molecule has 0 saturated heterocycles. The minimum absolute atomic E-state index is 0.0493. The highest BCUT2D eigenvalue weighted by atomic mass is 19.1. The number of rotatable bonds is 7. The van der Waals surface area contributed by atoms with Crippen LogP contribution in [0.5, 0.6) is 0 Å². The lowest BCUT2D eigenvalue weighted by Crippen LogP contribution is -2.37. The second-order valence-corrected chi connectivity index (χ2v) is 4.21. The van der Waals surface area contributed by atoms with Crippen LogP contribution in [0.25, 0.3) is 0 Å². The molecule has 3 N–H and O–H groups in total. The van der Waals surface area contributed by atoms with Crippen LogP contribution in [0.1, 0.15) is 20.3 Å². The van der Waals surface area contributed by atoms with E-state index in [4.69, 9.17) is 10.6 Å². The molecule has 1 unspecified atom stereocenters. The largest absolute Gasteiger partial charge is 0.383 e. The molecule has 1 aromatic rings. The first-order valence-electron chi connectivity index (χ1n) is 6.13. The van der Waals surface area contributed by atoms with Crippen molar-refractivity contribution in [3.8, 4) is 0 Å². The maximum atomic E-state index is 13.9. The number of methoxy groups -OCH3 is 1. The number of aromatic nitrogens is 1. The van der Waals surface area contributed by atoms with Crippen molar-refractivity contribution >= 4 is 11.6 Å². The number of hydrogen-bond acceptors (Lipinski definition) is 5. The molecule has 1 atom stereocenters. The molecule has 108 valence electrons. The van der Waals surface area contributed by atoms with Crippen molar-refractivity contribution in [3.05, 3.63) is 17.7 Å². The highest BCUT2D eigenvalue weighted by molar-refractivity contribution is 5.49. The van der Waals surface area contributed by atoms with Crippen LogP contribution in [0, 0.1) is 11.6 Å². The van der Waals surface area contributed by atoms with Gasteiger partial charge in [0.15, 0.2) is 23.3 Å². The van der Waals surface area contributed by atoms with Gasteiger partial charge in [-0.05, 0) is 13.3 Å². The zero-order valence-corrected chi connectivity index (χ0v) is 11.4. The number of ether oxygens (including phenoxy) is 1. The summed E-state index contributed by atoms with van der Waals surface area (Å²) < 4.78 is 32.2. The molecule has 0 amide bonds. The number of halogens is 2. The van der Waals surface area contributed by atoms with E-state index < -0.39 is 11.6 Å². The Morgan fingerprint density at radius 1 is 1.47 bits per heavy atom. The molecule has 0 radical (unpaired) electrons. The average molecular weight is 274 g/mol. The zero-order valence-electron chi connectivity index (χ0n) is 11.4. The van der Waals surface area contributed by atoms with E-state index in [0.717, 1.165) is 12.5 Å². The molecule has 0 aliphatic heterocycles. The Balaban J connectivity index is 3.13. The quantitative estimate of drug-likeness (QED) is 0.587. The summed E-state index contributed by atoms with van der Waals surface area (Å²) >= 11 is 0. The molecule has 0 spiro atoms. The van der Waals surface area contributed by atoms with E-state index in [-0.39, 0.29) is 17.7 Å². The van der Waals surface area contributed by atoms with E-state index >= 15 is 0 Å². The number of nitrogen functional groups attached to an aromatic ring is 1. The van der Waals surface area contributed by atoms with Crippen LogP contribution in [0.2, 0.25) is 0 Å². The lowest BCUT2D eigenvalue weighted by atomic mass is 10.2. The molecule has 19 heavy (non-hydrogen) atoms. The number of hydrogen-bond donors (Lipinski definition) is 2. The number of pyridine rings is 1. The number of nitrogens with two attached hydrogens (primary N) is 1. The van der Waals surface area contributed by atoms with Crippen LogP contribution in [0.3, 0.4) is 0 Å². The van der Waals surface area contributed by atoms with Gasteiger partial charge in [0.1, 0.15) is 0 Å². The van der Waals surface area contributed by atoms with Gasteiger partial charge < -0.3 is 15.1 Å². The van der Waals surface area contributed by atoms with E-state index in [0.29, 0.717) is 13.2 Å². The molecular formula is C12H20F2N4O. The standard InChI is InChI=1S/C12H20F2N4O/c1-4-8(2)18(5-6-19-3)12-10(14)7-9(13)11(16-12)17-15/h7-8H,4-6,15H2,1-3H3,(H,16,17). The molecular weight excluding hydrogens is 254 g/mol. The summed E-state index contributed by atoms with van der Waals surface area (Å²) in [6.07, 6.45) is 0.799. The van der Waals surface area contributed by atoms with E-state index in [1.807, 2.05) is 13.8 Å². The van der Waals surface area contributed by atoms with E-state index in [9.17, 15) is 8.78 Å². The van der Waals surface area contributed by atoms with Gasteiger partial charge in [-0.1, -0.05) is 6.92 Å². The molecule has 5 nitrogen and oxygen atoms in total. The van der Waals surface area contributed by atoms with Gasteiger partial charge in [0.2, 0.25) is 0 Å². The van der Waals surface area contributed by atoms with Crippen LogP contribution in [0.15, 0.2) is 6.07 Å². The molecule has 1 rings (SSSR count). The summed E-state index contributed by atoms with van der Waals surface area (Å²) in [4.78, 5) is 5.63. The molecule has 7 heteroatoms. The fraction of sp³-hybridized carbons (Fsp3) is 0.583. The van der Waals surface area contributed by atoms with Crippen molar-refractivity contribution in [2.24, 2.45) is 5.84 Å². The maximum absolute atomic E-state index is 13.9. The Morgan fingerprint density at radius 3 is 2.68 bits per heavy atom. The third-order valence-corrected chi connectivity index (χ3v) is 2.98. The van der Waals surface area contributed by atoms with Crippen LogP contribution >= 0.6 is 0 Å². The predicted octanol–water partition coefficient (Wildman–Crippen LogP) is 1.90. The van der Waals surface area contributed by atoms with Gasteiger partial charge in [-0.25, -0.2) is 19.6 Å². The molecule has 0 aromatic carbocycles. The molecule has 1 aromatic heterocycles. The summed E-state index contributed by atoms with van der Waals surface area (Å²) in [6, 6.07) is 0.827. The first-order chi connectivity index (χ1) is 9.04. The first-order valence-corrected chi connectivity index (χ1v) is 6.13. The number of nitrogens with zero attached hydrogens (tertiary/aromatic N) is 2. The highest BCUT2D eigenvalue weighted by Crippen LogP contribution is 2.24. The second-order valence-electron chi connectivity index (χ2n) is 4.21. The first kappa shape index (κ1) is 15.6. The lowest BCUT2D eigenvalue weighted by Gasteiger charge is -2.30. The smallest absolute Gasteiger partial charge is 0.178 e. The summed E-state index contributed by atoms with van der Waals surface area (Å²) in [7, 11) is 1.57. The SMILES string of the molecule is CCC(C)N(CCOC)c1nc(NN)c(F)cc1F.